The van der Waals surface area contributed by atoms with E-state index in [1.807, 2.05) is 24.3 Å². The summed E-state index contributed by atoms with van der Waals surface area (Å²) in [6.07, 6.45) is 1.64. The molecule has 23 heavy (non-hydrogen) atoms. The fourth-order valence-electron chi connectivity index (χ4n) is 2.69. The molecule has 6 heteroatoms. The summed E-state index contributed by atoms with van der Waals surface area (Å²) in [6, 6.07) is 7.84. The lowest BCUT2D eigenvalue weighted by atomic mass is 9.92. The predicted molar refractivity (Wildman–Crippen MR) is 88.0 cm³/mol. The normalized spacial score (nSPS) is 20.6. The van der Waals surface area contributed by atoms with Crippen molar-refractivity contribution in [3.63, 3.8) is 0 Å². The van der Waals surface area contributed by atoms with Gasteiger partial charge in [-0.2, -0.15) is 0 Å². The van der Waals surface area contributed by atoms with E-state index >= 15 is 0 Å². The van der Waals surface area contributed by atoms with Crippen LogP contribution in [0.4, 0.5) is 0 Å². The van der Waals surface area contributed by atoms with E-state index in [-0.39, 0.29) is 24.3 Å². The Bertz CT molecular complexity index is 530. The number of benzene rings is 1. The van der Waals surface area contributed by atoms with Crippen LogP contribution < -0.4 is 20.7 Å². The van der Waals surface area contributed by atoms with E-state index in [4.69, 9.17) is 4.74 Å². The highest BCUT2D eigenvalue weighted by Crippen LogP contribution is 2.15. The molecule has 1 saturated heterocycles. The maximum atomic E-state index is 12.1. The van der Waals surface area contributed by atoms with Crippen LogP contribution in [0.15, 0.2) is 24.3 Å². The third-order valence-electron chi connectivity index (χ3n) is 4.07. The molecule has 2 rings (SSSR count). The standard InChI is InChI=1S/C17H25N3O3/c1-12-9-14(7-8-18-12)17(22)20-11-16(21)19-10-13-3-5-15(23-2)6-4-13/h3-6,12,14,18H,7-11H2,1-2H3,(H,19,21)(H,20,22)/t12-,14-/m0/s1. The number of methoxy groups -OCH3 is 1. The first-order valence-corrected chi connectivity index (χ1v) is 7.99. The van der Waals surface area contributed by atoms with Crippen LogP contribution in [0.3, 0.4) is 0 Å². The minimum Gasteiger partial charge on any atom is -0.497 e. The second-order valence-electron chi connectivity index (χ2n) is 5.92. The van der Waals surface area contributed by atoms with Gasteiger partial charge in [0.05, 0.1) is 13.7 Å². The van der Waals surface area contributed by atoms with Gasteiger partial charge < -0.3 is 20.7 Å². The van der Waals surface area contributed by atoms with Crippen LogP contribution in [0.1, 0.15) is 25.3 Å². The van der Waals surface area contributed by atoms with E-state index in [9.17, 15) is 9.59 Å². The molecule has 1 aromatic carbocycles. The quantitative estimate of drug-likeness (QED) is 0.725. The third kappa shape index (κ3) is 5.56. The monoisotopic (exact) mass is 319 g/mol. The second kappa shape index (κ2) is 8.53. The Morgan fingerprint density at radius 3 is 2.65 bits per heavy atom. The summed E-state index contributed by atoms with van der Waals surface area (Å²) in [5, 5.41) is 8.84. The number of nitrogens with one attached hydrogen (secondary N) is 3. The molecule has 3 N–H and O–H groups in total. The van der Waals surface area contributed by atoms with Gasteiger partial charge in [-0.05, 0) is 44.0 Å². The summed E-state index contributed by atoms with van der Waals surface area (Å²) in [4.78, 5) is 23.9. The first-order chi connectivity index (χ1) is 11.1. The van der Waals surface area contributed by atoms with E-state index < -0.39 is 0 Å². The van der Waals surface area contributed by atoms with Crippen LogP contribution in [0.5, 0.6) is 5.75 Å². The predicted octanol–water partition coefficient (Wildman–Crippen LogP) is 0.816. The Hall–Kier alpha value is -2.08. The zero-order valence-corrected chi connectivity index (χ0v) is 13.7. The minimum atomic E-state index is -0.184. The number of hydrogen-bond donors (Lipinski definition) is 3. The van der Waals surface area contributed by atoms with E-state index in [0.717, 1.165) is 30.7 Å². The Balaban J connectivity index is 1.68. The lowest BCUT2D eigenvalue weighted by molar-refractivity contribution is -0.129. The Morgan fingerprint density at radius 2 is 2.00 bits per heavy atom. The number of carbonyl (C=O) groups excluding carboxylic acids is 2. The van der Waals surface area contributed by atoms with Crippen LogP contribution in [0.2, 0.25) is 0 Å². The highest BCUT2D eigenvalue weighted by atomic mass is 16.5. The maximum Gasteiger partial charge on any atom is 0.239 e. The molecule has 0 aliphatic carbocycles. The number of rotatable bonds is 6. The third-order valence-corrected chi connectivity index (χ3v) is 4.07. The molecular weight excluding hydrogens is 294 g/mol. The summed E-state index contributed by atoms with van der Waals surface area (Å²) in [5.41, 5.74) is 0.984. The lowest BCUT2D eigenvalue weighted by Crippen LogP contribution is -2.44. The van der Waals surface area contributed by atoms with Crippen molar-refractivity contribution in [3.8, 4) is 5.75 Å². The van der Waals surface area contributed by atoms with Crippen molar-refractivity contribution in [2.75, 3.05) is 20.2 Å². The van der Waals surface area contributed by atoms with E-state index in [2.05, 4.69) is 22.9 Å². The van der Waals surface area contributed by atoms with Gasteiger partial charge in [-0.3, -0.25) is 9.59 Å². The molecule has 0 aromatic heterocycles. The van der Waals surface area contributed by atoms with E-state index in [0.29, 0.717) is 12.6 Å². The van der Waals surface area contributed by atoms with Gasteiger partial charge in [0.25, 0.3) is 0 Å². The molecule has 2 amide bonds. The molecular formula is C17H25N3O3. The molecule has 6 nitrogen and oxygen atoms in total. The van der Waals surface area contributed by atoms with Crippen molar-refractivity contribution >= 4 is 11.8 Å². The molecule has 2 atom stereocenters. The first-order valence-electron chi connectivity index (χ1n) is 7.99. The van der Waals surface area contributed by atoms with Gasteiger partial charge in [-0.25, -0.2) is 0 Å². The van der Waals surface area contributed by atoms with Crippen LogP contribution in [0.25, 0.3) is 0 Å². The number of hydrogen-bond acceptors (Lipinski definition) is 4. The van der Waals surface area contributed by atoms with E-state index in [1.54, 1.807) is 7.11 Å². The van der Waals surface area contributed by atoms with E-state index in [1.165, 1.54) is 0 Å². The van der Waals surface area contributed by atoms with Gasteiger partial charge in [-0.15, -0.1) is 0 Å². The fourth-order valence-corrected chi connectivity index (χ4v) is 2.69. The summed E-state index contributed by atoms with van der Waals surface area (Å²) in [6.45, 7) is 3.38. The molecule has 1 aliphatic rings. The summed E-state index contributed by atoms with van der Waals surface area (Å²) in [5.74, 6) is 0.568. The lowest BCUT2D eigenvalue weighted by Gasteiger charge is -2.26. The van der Waals surface area contributed by atoms with Gasteiger partial charge in [0, 0.05) is 18.5 Å². The average Bonchev–Trinajstić information content (AvgIpc) is 2.58. The van der Waals surface area contributed by atoms with Gasteiger partial charge >= 0.3 is 0 Å². The molecule has 1 aromatic rings. The number of piperidine rings is 1. The largest absolute Gasteiger partial charge is 0.497 e. The van der Waals surface area contributed by atoms with Crippen molar-refractivity contribution in [2.24, 2.45) is 5.92 Å². The number of ether oxygens (including phenoxy) is 1. The molecule has 0 spiro atoms. The highest BCUT2D eigenvalue weighted by Gasteiger charge is 2.24. The SMILES string of the molecule is COc1ccc(CNC(=O)CNC(=O)[C@H]2CCN[C@@H](C)C2)cc1. The molecule has 0 unspecified atom stereocenters. The Kier molecular flexibility index (Phi) is 6.40. The molecule has 1 fully saturated rings. The molecule has 0 bridgehead atoms. The molecule has 1 aliphatic heterocycles. The summed E-state index contributed by atoms with van der Waals surface area (Å²) >= 11 is 0. The zero-order valence-electron chi connectivity index (χ0n) is 13.7. The summed E-state index contributed by atoms with van der Waals surface area (Å²) in [7, 11) is 1.61. The molecule has 126 valence electrons. The highest BCUT2D eigenvalue weighted by molar-refractivity contribution is 5.85. The number of carbonyl (C=O) groups is 2. The van der Waals surface area contributed by atoms with Crippen LogP contribution in [-0.4, -0.2) is 38.1 Å². The van der Waals surface area contributed by atoms with Crippen LogP contribution in [0, 0.1) is 5.92 Å². The smallest absolute Gasteiger partial charge is 0.239 e. The molecule has 1 heterocycles. The topological polar surface area (TPSA) is 79.5 Å². The van der Waals surface area contributed by atoms with Crippen LogP contribution in [-0.2, 0) is 16.1 Å². The summed E-state index contributed by atoms with van der Waals surface area (Å²) < 4.78 is 5.09. The second-order valence-corrected chi connectivity index (χ2v) is 5.92. The molecule has 0 radical (unpaired) electrons. The fraction of sp³-hybridized carbons (Fsp3) is 0.529. The minimum absolute atomic E-state index is 0.000591. The first kappa shape index (κ1) is 17.3. The number of amides is 2. The molecule has 0 saturated carbocycles. The van der Waals surface area contributed by atoms with Gasteiger partial charge in [0.2, 0.25) is 11.8 Å². The van der Waals surface area contributed by atoms with Crippen LogP contribution >= 0.6 is 0 Å². The van der Waals surface area contributed by atoms with Crippen molar-refractivity contribution in [1.82, 2.24) is 16.0 Å². The average molecular weight is 319 g/mol. The van der Waals surface area contributed by atoms with Gasteiger partial charge in [0.1, 0.15) is 5.75 Å². The van der Waals surface area contributed by atoms with Gasteiger partial charge in [-0.1, -0.05) is 12.1 Å². The van der Waals surface area contributed by atoms with Crippen molar-refractivity contribution in [1.29, 1.82) is 0 Å². The zero-order chi connectivity index (χ0) is 16.7. The van der Waals surface area contributed by atoms with Crippen molar-refractivity contribution in [3.05, 3.63) is 29.8 Å². The Labute approximate surface area is 137 Å². The van der Waals surface area contributed by atoms with Crippen molar-refractivity contribution in [2.45, 2.75) is 32.4 Å². The van der Waals surface area contributed by atoms with Crippen molar-refractivity contribution < 1.29 is 14.3 Å². The maximum absolute atomic E-state index is 12.1. The Morgan fingerprint density at radius 1 is 1.26 bits per heavy atom. The van der Waals surface area contributed by atoms with Gasteiger partial charge in [0.15, 0.2) is 0 Å².